The summed E-state index contributed by atoms with van der Waals surface area (Å²) in [5.74, 6) is -0.0518. The number of carbonyl (C=O) groups excluding carboxylic acids is 1. The predicted molar refractivity (Wildman–Crippen MR) is 107 cm³/mol. The SMILES string of the molecule is NS(=O)[O-].O=C(Nc1ncc(Cl)s1)N(CC(F)(F)F)c1ccccc1C1CCOC1. The van der Waals surface area contributed by atoms with Crippen LogP contribution in [0.25, 0.3) is 0 Å². The quantitative estimate of drug-likeness (QED) is 0.640. The summed E-state index contributed by atoms with van der Waals surface area (Å²) in [7, 11) is 0. The maximum absolute atomic E-state index is 13.1. The number of rotatable bonds is 4. The molecule has 1 aromatic heterocycles. The zero-order chi connectivity index (χ0) is 22.3. The Morgan fingerprint density at radius 1 is 1.47 bits per heavy atom. The van der Waals surface area contributed by atoms with Crippen molar-refractivity contribution in [2.24, 2.45) is 5.14 Å². The molecule has 1 saturated heterocycles. The van der Waals surface area contributed by atoms with Crippen LogP contribution in [0, 0.1) is 0 Å². The lowest BCUT2D eigenvalue weighted by Gasteiger charge is -2.27. The number of amides is 2. The second-order valence-corrected chi connectivity index (χ2v) is 8.16. The number of aromatic nitrogens is 1. The highest BCUT2D eigenvalue weighted by Gasteiger charge is 2.36. The van der Waals surface area contributed by atoms with Gasteiger partial charge in [-0.3, -0.25) is 19.6 Å². The van der Waals surface area contributed by atoms with Crippen LogP contribution in [-0.4, -0.2) is 45.7 Å². The molecular formula is C16H17ClF3N4O4S2-. The summed E-state index contributed by atoms with van der Waals surface area (Å²) < 4.78 is 62.6. The molecule has 2 aromatic rings. The van der Waals surface area contributed by atoms with Gasteiger partial charge in [-0.2, -0.15) is 13.2 Å². The number of anilines is 2. The zero-order valence-corrected chi connectivity index (χ0v) is 17.6. The van der Waals surface area contributed by atoms with Crippen LogP contribution >= 0.6 is 22.9 Å². The standard InChI is InChI=1S/C16H15ClF3N3O2S.H3NO2S/c17-13-7-21-14(26-13)22-15(24)23(9-16(18,19)20)12-4-2-1-3-11(12)10-5-6-25-8-10;1-4(2)3/h1-4,7,10H,5-6,8-9H2,(H,21,22,24);1H2,(H,2,3)/p-1. The Bertz CT molecular complexity index is 874. The number of thiazole rings is 1. The van der Waals surface area contributed by atoms with E-state index in [0.717, 1.165) is 11.3 Å². The summed E-state index contributed by atoms with van der Waals surface area (Å²) >= 11 is 4.36. The van der Waals surface area contributed by atoms with Gasteiger partial charge < -0.3 is 9.29 Å². The summed E-state index contributed by atoms with van der Waals surface area (Å²) in [6.45, 7) is -0.453. The van der Waals surface area contributed by atoms with E-state index in [1.165, 1.54) is 12.3 Å². The molecule has 8 nitrogen and oxygen atoms in total. The smallest absolute Gasteiger partial charge is 0.406 e. The fraction of sp³-hybridized carbons (Fsp3) is 0.375. The van der Waals surface area contributed by atoms with Crippen molar-refractivity contribution in [3.8, 4) is 0 Å². The summed E-state index contributed by atoms with van der Waals surface area (Å²) in [4.78, 5) is 17.1. The van der Waals surface area contributed by atoms with Gasteiger partial charge in [-0.25, -0.2) is 9.78 Å². The number of hydrogen-bond acceptors (Lipinski definition) is 6. The Morgan fingerprint density at radius 3 is 2.67 bits per heavy atom. The Hall–Kier alpha value is -1.77. The Kier molecular flexibility index (Phi) is 9.00. The highest BCUT2D eigenvalue weighted by Crippen LogP contribution is 2.35. The molecule has 14 heteroatoms. The third kappa shape index (κ3) is 7.81. The molecule has 30 heavy (non-hydrogen) atoms. The van der Waals surface area contributed by atoms with Gasteiger partial charge in [0.05, 0.1) is 12.8 Å². The van der Waals surface area contributed by atoms with Crippen LogP contribution in [0.2, 0.25) is 4.34 Å². The largest absolute Gasteiger partial charge is 0.760 e. The molecule has 0 bridgehead atoms. The zero-order valence-electron chi connectivity index (χ0n) is 15.2. The number of nitrogens with two attached hydrogens (primary N) is 1. The van der Waals surface area contributed by atoms with Gasteiger partial charge in [0.25, 0.3) is 0 Å². The van der Waals surface area contributed by atoms with Crippen LogP contribution in [-0.2, 0) is 16.0 Å². The van der Waals surface area contributed by atoms with Crippen LogP contribution < -0.4 is 15.4 Å². The van der Waals surface area contributed by atoms with Gasteiger partial charge in [-0.15, -0.1) is 0 Å². The minimum atomic E-state index is -4.56. The Labute approximate surface area is 181 Å². The van der Waals surface area contributed by atoms with Gasteiger partial charge in [-0.05, 0) is 18.1 Å². The minimum absolute atomic E-state index is 0.0518. The first-order valence-electron chi connectivity index (χ1n) is 8.33. The lowest BCUT2D eigenvalue weighted by molar-refractivity contribution is -0.118. The number of benzene rings is 1. The topological polar surface area (TPSA) is 121 Å². The van der Waals surface area contributed by atoms with E-state index in [1.807, 2.05) is 0 Å². The van der Waals surface area contributed by atoms with Crippen molar-refractivity contribution < 1.29 is 31.5 Å². The van der Waals surface area contributed by atoms with Crippen LogP contribution in [0.4, 0.5) is 28.8 Å². The second kappa shape index (κ2) is 11.0. The molecule has 2 unspecified atom stereocenters. The molecule has 1 fully saturated rings. The van der Waals surface area contributed by atoms with Crippen LogP contribution in [0.3, 0.4) is 0 Å². The second-order valence-electron chi connectivity index (χ2n) is 5.98. The summed E-state index contributed by atoms with van der Waals surface area (Å²) in [6.07, 6.45) is -2.54. The first-order valence-corrected chi connectivity index (χ1v) is 10.7. The van der Waals surface area contributed by atoms with E-state index in [0.29, 0.717) is 34.4 Å². The maximum Gasteiger partial charge on any atom is 0.406 e. The van der Waals surface area contributed by atoms with Gasteiger partial charge in [-0.1, -0.05) is 41.1 Å². The lowest BCUT2D eigenvalue weighted by atomic mass is 9.96. The Balaban J connectivity index is 0.000000735. The van der Waals surface area contributed by atoms with Gasteiger partial charge in [0.2, 0.25) is 0 Å². The summed E-state index contributed by atoms with van der Waals surface area (Å²) in [5.41, 5.74) is 0.863. The highest BCUT2D eigenvalue weighted by molar-refractivity contribution is 7.76. The van der Waals surface area contributed by atoms with Crippen LogP contribution in [0.1, 0.15) is 17.9 Å². The fourth-order valence-electron chi connectivity index (χ4n) is 2.78. The molecule has 1 aliphatic heterocycles. The monoisotopic (exact) mass is 485 g/mol. The molecule has 0 aliphatic carbocycles. The average molecular weight is 486 g/mol. The third-order valence-electron chi connectivity index (χ3n) is 3.87. The normalized spacial score (nSPS) is 17.1. The number of carbonyl (C=O) groups is 1. The molecule has 1 aliphatic rings. The molecule has 3 N–H and O–H groups in total. The highest BCUT2D eigenvalue weighted by atomic mass is 35.5. The number of para-hydroxylation sites is 1. The molecular weight excluding hydrogens is 469 g/mol. The summed E-state index contributed by atoms with van der Waals surface area (Å²) in [6, 6.07) is 5.66. The number of hydrogen-bond donors (Lipinski definition) is 2. The average Bonchev–Trinajstić information content (AvgIpc) is 3.30. The molecule has 1 aromatic carbocycles. The molecule has 0 radical (unpaired) electrons. The van der Waals surface area contributed by atoms with Crippen molar-refractivity contribution in [3.05, 3.63) is 40.4 Å². The van der Waals surface area contributed by atoms with Gasteiger partial charge in [0.15, 0.2) is 5.13 Å². The minimum Gasteiger partial charge on any atom is -0.760 e. The number of halogens is 4. The summed E-state index contributed by atoms with van der Waals surface area (Å²) in [5, 5.41) is 6.54. The predicted octanol–water partition coefficient (Wildman–Crippen LogP) is 3.64. The molecule has 166 valence electrons. The van der Waals surface area contributed by atoms with Gasteiger partial charge >= 0.3 is 12.2 Å². The van der Waals surface area contributed by atoms with Gasteiger partial charge in [0.1, 0.15) is 10.9 Å². The van der Waals surface area contributed by atoms with E-state index >= 15 is 0 Å². The van der Waals surface area contributed by atoms with E-state index in [1.54, 1.807) is 18.2 Å². The van der Waals surface area contributed by atoms with E-state index in [9.17, 15) is 18.0 Å². The number of nitrogens with zero attached hydrogens (tertiary/aromatic N) is 2. The van der Waals surface area contributed by atoms with Crippen molar-refractivity contribution in [1.29, 1.82) is 0 Å². The van der Waals surface area contributed by atoms with Crippen molar-refractivity contribution in [2.45, 2.75) is 18.5 Å². The van der Waals surface area contributed by atoms with Crippen LogP contribution in [0.15, 0.2) is 30.5 Å². The number of urea groups is 1. The van der Waals surface area contributed by atoms with E-state index < -0.39 is 30.0 Å². The van der Waals surface area contributed by atoms with E-state index in [-0.39, 0.29) is 16.7 Å². The third-order valence-corrected chi connectivity index (χ3v) is 4.90. The van der Waals surface area contributed by atoms with Crippen molar-refractivity contribution in [2.75, 3.05) is 30.0 Å². The van der Waals surface area contributed by atoms with Crippen LogP contribution in [0.5, 0.6) is 0 Å². The molecule has 2 amide bonds. The van der Waals surface area contributed by atoms with Crippen molar-refractivity contribution in [3.63, 3.8) is 0 Å². The first kappa shape index (κ1) is 24.5. The number of alkyl halides is 3. The Morgan fingerprint density at radius 2 is 2.13 bits per heavy atom. The lowest BCUT2D eigenvalue weighted by Crippen LogP contribution is -2.42. The van der Waals surface area contributed by atoms with Crippen molar-refractivity contribution >= 4 is 51.1 Å². The van der Waals surface area contributed by atoms with E-state index in [4.69, 9.17) is 25.1 Å². The van der Waals surface area contributed by atoms with Gasteiger partial charge in [0, 0.05) is 29.5 Å². The molecule has 0 spiro atoms. The fourth-order valence-corrected chi connectivity index (χ4v) is 3.58. The molecule has 3 rings (SSSR count). The van der Waals surface area contributed by atoms with E-state index in [2.05, 4.69) is 15.4 Å². The van der Waals surface area contributed by atoms with Crippen molar-refractivity contribution in [1.82, 2.24) is 4.98 Å². The molecule has 2 atom stereocenters. The molecule has 0 saturated carbocycles. The number of nitrogens with one attached hydrogen (secondary N) is 1. The molecule has 2 heterocycles. The maximum atomic E-state index is 13.1. The number of ether oxygens (including phenoxy) is 1. The first-order chi connectivity index (χ1) is 14.1.